The molecule has 4 aromatic rings. The molecular formula is C25H24ClN3O2. The van der Waals surface area contributed by atoms with Crippen molar-refractivity contribution in [3.8, 4) is 28.4 Å². The van der Waals surface area contributed by atoms with E-state index in [1.54, 1.807) is 14.2 Å². The molecule has 0 saturated heterocycles. The molecule has 0 saturated carbocycles. The van der Waals surface area contributed by atoms with Gasteiger partial charge < -0.3 is 14.8 Å². The van der Waals surface area contributed by atoms with E-state index >= 15 is 0 Å². The van der Waals surface area contributed by atoms with Crippen LogP contribution in [0.2, 0.25) is 5.02 Å². The van der Waals surface area contributed by atoms with Crippen LogP contribution in [0, 0.1) is 0 Å². The van der Waals surface area contributed by atoms with Gasteiger partial charge in [0, 0.05) is 35.4 Å². The third-order valence-corrected chi connectivity index (χ3v) is 5.28. The highest BCUT2D eigenvalue weighted by Crippen LogP contribution is 2.33. The van der Waals surface area contributed by atoms with Gasteiger partial charge in [-0.3, -0.25) is 0 Å². The predicted octanol–water partition coefficient (Wildman–Crippen LogP) is 5.50. The van der Waals surface area contributed by atoms with Crippen molar-refractivity contribution in [2.75, 3.05) is 14.2 Å². The first-order valence-electron chi connectivity index (χ1n) is 9.99. The summed E-state index contributed by atoms with van der Waals surface area (Å²) >= 11 is 5.99. The molecule has 0 fully saturated rings. The minimum absolute atomic E-state index is 0.666. The summed E-state index contributed by atoms with van der Waals surface area (Å²) in [5.74, 6) is 1.37. The molecule has 0 atom stereocenters. The molecule has 0 bridgehead atoms. The summed E-state index contributed by atoms with van der Waals surface area (Å²) in [6, 6.07) is 23.8. The highest BCUT2D eigenvalue weighted by atomic mass is 35.5. The summed E-state index contributed by atoms with van der Waals surface area (Å²) in [5, 5.41) is 9.13. The van der Waals surface area contributed by atoms with E-state index in [0.29, 0.717) is 18.0 Å². The van der Waals surface area contributed by atoms with E-state index in [1.165, 1.54) is 5.56 Å². The number of nitrogens with one attached hydrogen (secondary N) is 1. The second-order valence-corrected chi connectivity index (χ2v) is 7.52. The van der Waals surface area contributed by atoms with E-state index in [4.69, 9.17) is 26.2 Å². The highest BCUT2D eigenvalue weighted by Gasteiger charge is 2.15. The van der Waals surface area contributed by atoms with E-state index in [2.05, 4.69) is 11.5 Å². The third-order valence-electron chi connectivity index (χ3n) is 5.03. The van der Waals surface area contributed by atoms with Gasteiger partial charge in [-0.05, 0) is 48.0 Å². The fraction of sp³-hybridized carbons (Fsp3) is 0.160. The molecule has 3 aromatic carbocycles. The van der Waals surface area contributed by atoms with Gasteiger partial charge in [0.1, 0.15) is 0 Å². The van der Waals surface area contributed by atoms with Crippen LogP contribution in [-0.2, 0) is 13.1 Å². The van der Waals surface area contributed by atoms with Gasteiger partial charge in [0.2, 0.25) is 0 Å². The molecule has 158 valence electrons. The van der Waals surface area contributed by atoms with Gasteiger partial charge in [0.25, 0.3) is 0 Å². The number of methoxy groups -OCH3 is 2. The first-order chi connectivity index (χ1) is 15.2. The predicted molar refractivity (Wildman–Crippen MR) is 124 cm³/mol. The van der Waals surface area contributed by atoms with Crippen LogP contribution in [0.15, 0.2) is 79.0 Å². The van der Waals surface area contributed by atoms with Crippen molar-refractivity contribution >= 4 is 11.6 Å². The molecule has 1 heterocycles. The second-order valence-electron chi connectivity index (χ2n) is 7.08. The molecule has 0 unspecified atom stereocenters. The van der Waals surface area contributed by atoms with Crippen LogP contribution in [0.1, 0.15) is 11.1 Å². The van der Waals surface area contributed by atoms with Gasteiger partial charge in [-0.2, -0.15) is 5.10 Å². The van der Waals surface area contributed by atoms with Crippen LogP contribution in [-0.4, -0.2) is 24.0 Å². The lowest BCUT2D eigenvalue weighted by molar-refractivity contribution is 0.355. The highest BCUT2D eigenvalue weighted by molar-refractivity contribution is 6.30. The third kappa shape index (κ3) is 4.90. The fourth-order valence-electron chi connectivity index (χ4n) is 3.42. The van der Waals surface area contributed by atoms with E-state index in [1.807, 2.05) is 77.5 Å². The molecule has 1 N–H and O–H groups in total. The topological polar surface area (TPSA) is 48.3 Å². The zero-order chi connectivity index (χ0) is 21.6. The Morgan fingerprint density at radius 2 is 1.61 bits per heavy atom. The number of hydrogen-bond acceptors (Lipinski definition) is 4. The molecule has 0 amide bonds. The maximum absolute atomic E-state index is 5.99. The normalized spacial score (nSPS) is 10.8. The van der Waals surface area contributed by atoms with Crippen LogP contribution in [0.25, 0.3) is 16.9 Å². The number of ether oxygens (including phenoxy) is 2. The summed E-state index contributed by atoms with van der Waals surface area (Å²) in [4.78, 5) is 0. The van der Waals surface area contributed by atoms with Gasteiger partial charge in [-0.1, -0.05) is 41.9 Å². The van der Waals surface area contributed by atoms with Gasteiger partial charge in [0.05, 0.1) is 25.6 Å². The van der Waals surface area contributed by atoms with Crippen LogP contribution in [0.3, 0.4) is 0 Å². The van der Waals surface area contributed by atoms with E-state index in [0.717, 1.165) is 34.1 Å². The molecule has 0 aliphatic carbocycles. The summed E-state index contributed by atoms with van der Waals surface area (Å²) in [5.41, 5.74) is 5.13. The van der Waals surface area contributed by atoms with Crippen molar-refractivity contribution in [1.82, 2.24) is 15.1 Å². The van der Waals surface area contributed by atoms with Crippen molar-refractivity contribution in [2.45, 2.75) is 13.1 Å². The maximum atomic E-state index is 5.99. The number of aromatic nitrogens is 2. The minimum Gasteiger partial charge on any atom is -0.493 e. The Kier molecular flexibility index (Phi) is 6.55. The monoisotopic (exact) mass is 433 g/mol. The fourth-order valence-corrected chi connectivity index (χ4v) is 3.55. The summed E-state index contributed by atoms with van der Waals surface area (Å²) in [6.45, 7) is 1.40. The van der Waals surface area contributed by atoms with Crippen molar-refractivity contribution < 1.29 is 9.47 Å². The van der Waals surface area contributed by atoms with Crippen LogP contribution < -0.4 is 14.8 Å². The van der Waals surface area contributed by atoms with E-state index in [9.17, 15) is 0 Å². The first kappa shape index (κ1) is 21.0. The number of nitrogens with zero attached hydrogens (tertiary/aromatic N) is 2. The molecule has 5 nitrogen and oxygen atoms in total. The number of rotatable bonds is 8. The summed E-state index contributed by atoms with van der Waals surface area (Å²) in [7, 11) is 3.27. The number of hydrogen-bond donors (Lipinski definition) is 1. The van der Waals surface area contributed by atoms with Crippen molar-refractivity contribution in [1.29, 1.82) is 0 Å². The molecule has 1 aromatic heterocycles. The Morgan fingerprint density at radius 1 is 0.871 bits per heavy atom. The van der Waals surface area contributed by atoms with Crippen molar-refractivity contribution in [2.24, 2.45) is 0 Å². The Labute approximate surface area is 187 Å². The molecule has 0 spiro atoms. The Hall–Kier alpha value is -3.28. The second kappa shape index (κ2) is 9.69. The average Bonchev–Trinajstić information content (AvgIpc) is 3.24. The maximum Gasteiger partial charge on any atom is 0.161 e. The zero-order valence-corrected chi connectivity index (χ0v) is 18.3. The van der Waals surface area contributed by atoms with Gasteiger partial charge in [-0.25, -0.2) is 4.68 Å². The van der Waals surface area contributed by atoms with Gasteiger partial charge >= 0.3 is 0 Å². The quantitative estimate of drug-likeness (QED) is 0.398. The summed E-state index contributed by atoms with van der Waals surface area (Å²) in [6.07, 6.45) is 2.07. The molecule has 0 aliphatic rings. The number of para-hydroxylation sites is 1. The van der Waals surface area contributed by atoms with E-state index in [-0.39, 0.29) is 0 Å². The molecule has 0 aliphatic heterocycles. The lowest BCUT2D eigenvalue weighted by atomic mass is 10.1. The largest absolute Gasteiger partial charge is 0.493 e. The zero-order valence-electron chi connectivity index (χ0n) is 17.5. The molecule has 4 rings (SSSR count). The number of benzene rings is 3. The lowest BCUT2D eigenvalue weighted by Gasteiger charge is -2.10. The summed E-state index contributed by atoms with van der Waals surface area (Å²) < 4.78 is 12.8. The Bertz CT molecular complexity index is 1140. The van der Waals surface area contributed by atoms with Crippen LogP contribution in [0.4, 0.5) is 0 Å². The van der Waals surface area contributed by atoms with Crippen molar-refractivity contribution in [3.63, 3.8) is 0 Å². The van der Waals surface area contributed by atoms with E-state index < -0.39 is 0 Å². The van der Waals surface area contributed by atoms with Gasteiger partial charge in [0.15, 0.2) is 11.5 Å². The van der Waals surface area contributed by atoms with Crippen LogP contribution in [0.5, 0.6) is 11.5 Å². The SMILES string of the molecule is COc1ccc(-c2nn(-c3ccccc3)cc2CNCc2ccc(Cl)cc2)cc1OC. The lowest BCUT2D eigenvalue weighted by Crippen LogP contribution is -2.12. The molecular weight excluding hydrogens is 410 g/mol. The van der Waals surface area contributed by atoms with Gasteiger partial charge in [-0.15, -0.1) is 0 Å². The Balaban J connectivity index is 1.64. The van der Waals surface area contributed by atoms with Crippen molar-refractivity contribution in [3.05, 3.63) is 95.1 Å². The molecule has 0 radical (unpaired) electrons. The Morgan fingerprint density at radius 3 is 2.32 bits per heavy atom. The smallest absolute Gasteiger partial charge is 0.161 e. The molecule has 6 heteroatoms. The molecule has 31 heavy (non-hydrogen) atoms. The first-order valence-corrected chi connectivity index (χ1v) is 10.4. The number of halogens is 1. The average molecular weight is 434 g/mol. The minimum atomic E-state index is 0.666. The van der Waals surface area contributed by atoms with Crippen LogP contribution >= 0.6 is 11.6 Å². The standard InChI is InChI=1S/C25H24ClN3O2/c1-30-23-13-10-19(14-24(23)31-2)25-20(16-27-15-18-8-11-21(26)12-9-18)17-29(28-25)22-6-4-3-5-7-22/h3-14,17,27H,15-16H2,1-2H3.